The van der Waals surface area contributed by atoms with Gasteiger partial charge in [-0.3, -0.25) is 31.9 Å². The van der Waals surface area contributed by atoms with Crippen molar-refractivity contribution in [2.45, 2.75) is 98.2 Å². The number of hydrogen-bond acceptors (Lipinski definition) is 40. The molecule has 5 saturated heterocycles. The highest BCUT2D eigenvalue weighted by Gasteiger charge is 2.56. The van der Waals surface area contributed by atoms with Gasteiger partial charge in [-0.05, 0) is 22.5 Å². The summed E-state index contributed by atoms with van der Waals surface area (Å²) < 4.78 is 137. The van der Waals surface area contributed by atoms with Gasteiger partial charge in [-0.25, -0.2) is 46.6 Å². The zero-order valence-corrected chi connectivity index (χ0v) is 58.3. The molecular weight excluding hydrogens is 1590 g/mol. The zero-order valence-electron chi connectivity index (χ0n) is 50.6. The highest BCUT2D eigenvalue weighted by atomic mass is 35.9. The van der Waals surface area contributed by atoms with E-state index in [1.807, 2.05) is 0 Å². The van der Waals surface area contributed by atoms with Crippen LogP contribution in [0.3, 0.4) is 0 Å². The zero-order chi connectivity index (χ0) is 77.8. The maximum Gasteiger partial charge on any atom is 0.492 e. The Hall–Kier alpha value is -5.93. The number of rotatable bonds is 18. The lowest BCUT2D eigenvalue weighted by Gasteiger charge is -2.27. The lowest BCUT2D eigenvalue weighted by atomic mass is 10.1. The van der Waals surface area contributed by atoms with Crippen LogP contribution >= 0.6 is 75.5 Å². The third kappa shape index (κ3) is 22.1. The summed E-state index contributed by atoms with van der Waals surface area (Å²) in [7, 11) is -32.5. The van der Waals surface area contributed by atoms with Gasteiger partial charge in [0.25, 0.3) is 0 Å². The summed E-state index contributed by atoms with van der Waals surface area (Å²) in [6.45, 7) is -2.95. The number of aliphatic hydroxyl groups excluding tert-OH is 9. The highest BCUT2D eigenvalue weighted by molar-refractivity contribution is 8.05. The Labute approximate surface area is 582 Å². The molecule has 5 aliphatic heterocycles. The van der Waals surface area contributed by atoms with E-state index < -0.39 is 200 Å². The summed E-state index contributed by atoms with van der Waals surface area (Å²) >= 11 is 10.5. The fourth-order valence-electron chi connectivity index (χ4n) is 8.77. The predicted octanol–water partition coefficient (Wildman–Crippen LogP) is -5.97. The topological polar surface area (TPSA) is 777 Å². The SMILES string of the molecule is C#Cc1cn([C@@H]2O[C@H](CO)[C@H](O)C2O)c(=O)nc1N.C#Cc1cn([C@@H]2O[C@H](COP(=O)(Cl)Cl)[C@H](O)C2O)c(=O)nc1N.C#Cc1cn([C@@H]2O[C@H](COP(=O)(O)OP(=O)(O)OP(=O)(O)O)[C@H](O)C2O)c(=O)nc1N.C#Cc1cn([C@@H]2O[C@H](COP3(=O)OP(=O)(O)OP(=O)(O)O3)[C@H](O)C2O)c(=O)nc1N. The van der Waals surface area contributed by atoms with Gasteiger partial charge in [0.2, 0.25) is 0 Å². The average Bonchev–Trinajstić information content (AvgIpc) is 1.75. The largest absolute Gasteiger partial charge is 0.492 e. The number of aliphatic hydroxyl groups is 9. The molecule has 103 heavy (non-hydrogen) atoms. The summed E-state index contributed by atoms with van der Waals surface area (Å²) in [4.78, 5) is 115. The van der Waals surface area contributed by atoms with Crippen LogP contribution in [-0.2, 0) is 86.0 Å². The average molecular weight is 1650 g/mol. The first-order valence-electron chi connectivity index (χ1n) is 27.0. The summed E-state index contributed by atoms with van der Waals surface area (Å²) in [6, 6.07) is 0. The second-order valence-electron chi connectivity index (χ2n) is 20.4. The molecule has 23 N–H and O–H groups in total. The maximum atomic E-state index is 12.2. The second-order valence-corrected chi connectivity index (χ2v) is 34.1. The van der Waals surface area contributed by atoms with Crippen molar-refractivity contribution in [1.82, 2.24) is 38.2 Å². The molecular formula is C44H55Cl2N12O38P7. The first-order valence-corrected chi connectivity index (χ1v) is 39.4. The summed E-state index contributed by atoms with van der Waals surface area (Å²) in [6.07, 6.45) is -2.05. The number of aromatic nitrogens is 8. The van der Waals surface area contributed by atoms with E-state index >= 15 is 0 Å². The molecule has 4 aromatic rings. The van der Waals surface area contributed by atoms with Crippen LogP contribution in [0, 0.1) is 49.4 Å². The monoisotopic (exact) mass is 1650 g/mol. The minimum Gasteiger partial charge on any atom is -0.394 e. The highest BCUT2D eigenvalue weighted by Crippen LogP contribution is 2.80. The quantitative estimate of drug-likeness (QED) is 0.0326. The molecule has 0 saturated carbocycles. The summed E-state index contributed by atoms with van der Waals surface area (Å²) in [5, 5.41) is 88.9. The molecule has 8 unspecified atom stereocenters. The molecule has 0 spiro atoms. The number of ether oxygens (including phenoxy) is 4. The van der Waals surface area contributed by atoms with Gasteiger partial charge < -0.3 is 122 Å². The molecule has 0 aliphatic carbocycles. The van der Waals surface area contributed by atoms with Crippen LogP contribution in [0.4, 0.5) is 23.3 Å². The van der Waals surface area contributed by atoms with Crippen LogP contribution in [0.1, 0.15) is 47.2 Å². The number of hydrogen-bond donors (Lipinski definition) is 19. The molecule has 5 aliphatic rings. The number of nitrogens with two attached hydrogens (primary N) is 4. The number of phosphoric ester groups is 1. The van der Waals surface area contributed by atoms with Gasteiger partial charge in [0.1, 0.15) is 96.5 Å². The standard InChI is InChI=1S/C11H12Cl2N3O6P.C11H16N3O14P3.C11H14N3O13P3.C11H13N3O5/c1-2-5-3-16(11(19)15-9(5)14)10-8(18)7(17)6(22-10)4-21-23(12,13)20;1-2-5-3-14(11(17)13-9(5)12)10-8(16)7(15)6(26-10)4-25-30(21,22)28-31(23,24)27-29(18,19)20;1-2-5-3-14(11(17)13-9(5)12)10-8(16)7(15)6(24-10)4-23-30(22)26-28(18,19)25-29(20,21)27-30;1-2-5-3-14(11(18)13-9(5)12)10-8(17)7(16)6(4-15)19-10/h1,3,6-8,10,17-18H,4H2,(H2,14,15,19);1,3,6-8,10,15-16H,4H2,(H,21,22)(H,23,24)(H2,12,13,17)(H2,18,19,20);1,3,6-8,10,15-16H,4H2,(H,18,19)(H,20,21)(H2,12,13,17);1,3,6-8,10,15-17H,4H2,(H2,12,13,18)/t4*6-,7+,8?,10-/m1111/s1. The van der Waals surface area contributed by atoms with Gasteiger partial charge in [0, 0.05) is 24.8 Å². The molecule has 20 atom stereocenters. The molecule has 0 bridgehead atoms. The Kier molecular flexibility index (Phi) is 28.3. The first kappa shape index (κ1) is 86.0. The first-order chi connectivity index (χ1) is 47.4. The van der Waals surface area contributed by atoms with Crippen LogP contribution < -0.4 is 45.7 Å². The van der Waals surface area contributed by atoms with Crippen molar-refractivity contribution in [3.63, 3.8) is 0 Å². The Morgan fingerprint density at radius 1 is 0.466 bits per heavy atom. The van der Waals surface area contributed by atoms with Gasteiger partial charge >= 0.3 is 75.8 Å². The van der Waals surface area contributed by atoms with Crippen LogP contribution in [0.25, 0.3) is 0 Å². The molecule has 59 heteroatoms. The van der Waals surface area contributed by atoms with E-state index in [9.17, 15) is 107 Å². The van der Waals surface area contributed by atoms with Crippen molar-refractivity contribution in [2.24, 2.45) is 0 Å². The lowest BCUT2D eigenvalue weighted by molar-refractivity contribution is -0.0549. The third-order valence-corrected chi connectivity index (χ3v) is 23.6. The van der Waals surface area contributed by atoms with Crippen LogP contribution in [-0.4, -0.2) is 213 Å². The molecule has 50 nitrogen and oxygen atoms in total. The van der Waals surface area contributed by atoms with Crippen molar-refractivity contribution < 1.29 is 161 Å². The van der Waals surface area contributed by atoms with E-state index in [2.05, 4.69) is 78.7 Å². The van der Waals surface area contributed by atoms with Crippen molar-refractivity contribution in [3.05, 3.63) is 89.0 Å². The fraction of sp³-hybridized carbons (Fsp3) is 0.455. The van der Waals surface area contributed by atoms with Crippen LogP contribution in [0.2, 0.25) is 0 Å². The Bertz CT molecular complexity index is 4600. The Balaban J connectivity index is 0.000000219. The number of phosphoric acid groups is 6. The Morgan fingerprint density at radius 2 is 0.748 bits per heavy atom. The Morgan fingerprint density at radius 3 is 1.02 bits per heavy atom. The normalized spacial score (nSPS) is 32.2. The lowest BCUT2D eigenvalue weighted by Crippen LogP contribution is -2.36. The van der Waals surface area contributed by atoms with Gasteiger partial charge in [0.05, 0.1) is 48.7 Å². The van der Waals surface area contributed by atoms with Crippen molar-refractivity contribution in [3.8, 4) is 49.4 Å². The van der Waals surface area contributed by atoms with Crippen LogP contribution in [0.15, 0.2) is 44.0 Å². The fourth-order valence-corrected chi connectivity index (χ4v) is 17.4. The van der Waals surface area contributed by atoms with Gasteiger partial charge in [-0.1, -0.05) is 23.7 Å². The molecule has 5 fully saturated rings. The van der Waals surface area contributed by atoms with Crippen molar-refractivity contribution in [1.29, 1.82) is 0 Å². The number of anilines is 4. The minimum absolute atomic E-state index is 0.00886. The van der Waals surface area contributed by atoms with Gasteiger partial charge in [0.15, 0.2) is 24.9 Å². The van der Waals surface area contributed by atoms with E-state index in [-0.39, 0.29) is 45.5 Å². The number of halogens is 2. The molecule has 0 amide bonds. The molecule has 0 aromatic carbocycles. The van der Waals surface area contributed by atoms with Crippen molar-refractivity contribution in [2.75, 3.05) is 49.4 Å². The maximum absolute atomic E-state index is 12.2. The number of nitrogens with zero attached hydrogens (tertiary/aromatic N) is 8. The van der Waals surface area contributed by atoms with Gasteiger partial charge in [-0.2, -0.15) is 41.5 Å². The summed E-state index contributed by atoms with van der Waals surface area (Å²) in [5.74, 6) is 7.98. The number of terminal acetylenes is 4. The molecule has 568 valence electrons. The smallest absolute Gasteiger partial charge is 0.394 e. The molecule has 4 aromatic heterocycles. The molecule has 9 heterocycles. The molecule has 0 radical (unpaired) electrons. The van der Waals surface area contributed by atoms with E-state index in [4.69, 9.17) is 110 Å². The van der Waals surface area contributed by atoms with E-state index in [1.54, 1.807) is 0 Å². The van der Waals surface area contributed by atoms with Crippen molar-refractivity contribution >= 4 is 98.8 Å². The second kappa shape index (κ2) is 33.9. The van der Waals surface area contributed by atoms with E-state index in [1.165, 1.54) is 12.4 Å². The predicted molar refractivity (Wildman–Crippen MR) is 336 cm³/mol. The van der Waals surface area contributed by atoms with E-state index in [0.717, 1.165) is 26.1 Å². The van der Waals surface area contributed by atoms with Gasteiger partial charge in [-0.15, -0.1) is 25.7 Å². The number of nitrogen functional groups attached to an aromatic ring is 4. The summed E-state index contributed by atoms with van der Waals surface area (Å²) in [5.41, 5.74) is 18.5. The minimum atomic E-state index is -5.74. The third-order valence-electron chi connectivity index (χ3n) is 13.4. The van der Waals surface area contributed by atoms with E-state index in [0.29, 0.717) is 4.57 Å². The van der Waals surface area contributed by atoms with Crippen LogP contribution in [0.5, 0.6) is 0 Å². The molecule has 9 rings (SSSR count).